The number of aryl methyl sites for hydroxylation is 2. The molecule has 0 unspecified atom stereocenters. The second kappa shape index (κ2) is 7.44. The normalized spacial score (nSPS) is 11.0. The van der Waals surface area contributed by atoms with E-state index in [4.69, 9.17) is 0 Å². The molecule has 4 aromatic rings. The number of nitrogens with one attached hydrogen (secondary N) is 1. The third-order valence-electron chi connectivity index (χ3n) is 4.61. The van der Waals surface area contributed by atoms with Crippen molar-refractivity contribution in [2.75, 3.05) is 0 Å². The van der Waals surface area contributed by atoms with Crippen molar-refractivity contribution in [3.8, 4) is 10.6 Å². The first-order chi connectivity index (χ1) is 14.0. The van der Waals surface area contributed by atoms with Crippen LogP contribution in [0, 0.1) is 17.0 Å². The Morgan fingerprint density at radius 2 is 2.07 bits per heavy atom. The van der Waals surface area contributed by atoms with Crippen LogP contribution in [0.15, 0.2) is 47.8 Å². The lowest BCUT2D eigenvalue weighted by molar-refractivity contribution is -0.385. The Kier molecular flexibility index (Phi) is 4.81. The molecular formula is C20H17N5O3S. The summed E-state index contributed by atoms with van der Waals surface area (Å²) in [5.41, 5.74) is 2.86. The molecule has 3 aromatic heterocycles. The predicted molar refractivity (Wildman–Crippen MR) is 111 cm³/mol. The maximum absolute atomic E-state index is 13.1. The molecule has 3 heterocycles. The molecule has 29 heavy (non-hydrogen) atoms. The van der Waals surface area contributed by atoms with Gasteiger partial charge in [0.1, 0.15) is 0 Å². The van der Waals surface area contributed by atoms with E-state index in [0.717, 1.165) is 4.88 Å². The number of para-hydroxylation sites is 1. The van der Waals surface area contributed by atoms with E-state index in [1.807, 2.05) is 24.4 Å². The molecule has 146 valence electrons. The molecule has 1 aromatic carbocycles. The first kappa shape index (κ1) is 18.8. The largest absolute Gasteiger partial charge is 0.348 e. The van der Waals surface area contributed by atoms with Gasteiger partial charge in [0.2, 0.25) is 0 Å². The van der Waals surface area contributed by atoms with Gasteiger partial charge in [0.15, 0.2) is 5.65 Å². The van der Waals surface area contributed by atoms with E-state index in [2.05, 4.69) is 15.4 Å². The van der Waals surface area contributed by atoms with Gasteiger partial charge in [-0.15, -0.1) is 11.3 Å². The summed E-state index contributed by atoms with van der Waals surface area (Å²) in [6, 6.07) is 12.0. The van der Waals surface area contributed by atoms with Crippen molar-refractivity contribution in [3.05, 3.63) is 74.8 Å². The van der Waals surface area contributed by atoms with Gasteiger partial charge in [-0.1, -0.05) is 24.3 Å². The first-order valence-corrected chi connectivity index (χ1v) is 9.72. The SMILES string of the molecule is Cc1nn(C)c2nc(-c3cccs3)cc(C(=O)NCc3ccccc3[N+](=O)[O-])c12. The molecule has 4 rings (SSSR count). The topological polar surface area (TPSA) is 103 Å². The Bertz CT molecular complexity index is 1230. The Hall–Kier alpha value is -3.59. The summed E-state index contributed by atoms with van der Waals surface area (Å²) in [6.07, 6.45) is 0. The van der Waals surface area contributed by atoms with Crippen molar-refractivity contribution in [2.24, 2.45) is 7.05 Å². The number of carbonyl (C=O) groups excluding carboxylic acids is 1. The van der Waals surface area contributed by atoms with Gasteiger partial charge in [-0.2, -0.15) is 5.10 Å². The van der Waals surface area contributed by atoms with Crippen LogP contribution in [0.1, 0.15) is 21.6 Å². The number of pyridine rings is 1. The van der Waals surface area contributed by atoms with Crippen LogP contribution in [0.3, 0.4) is 0 Å². The summed E-state index contributed by atoms with van der Waals surface area (Å²) in [5.74, 6) is -0.329. The zero-order valence-electron chi connectivity index (χ0n) is 15.7. The zero-order chi connectivity index (χ0) is 20.5. The molecule has 0 atom stereocenters. The van der Waals surface area contributed by atoms with Gasteiger partial charge in [-0.05, 0) is 24.4 Å². The molecule has 1 N–H and O–H groups in total. The highest BCUT2D eigenvalue weighted by Crippen LogP contribution is 2.29. The van der Waals surface area contributed by atoms with Crippen LogP contribution in [-0.2, 0) is 13.6 Å². The highest BCUT2D eigenvalue weighted by atomic mass is 32.1. The third kappa shape index (κ3) is 3.47. The molecule has 0 saturated carbocycles. The van der Waals surface area contributed by atoms with E-state index >= 15 is 0 Å². The van der Waals surface area contributed by atoms with Gasteiger partial charge in [-0.3, -0.25) is 19.6 Å². The number of carbonyl (C=O) groups is 1. The molecule has 9 heteroatoms. The minimum absolute atomic E-state index is 0.0236. The summed E-state index contributed by atoms with van der Waals surface area (Å²) in [4.78, 5) is 29.4. The van der Waals surface area contributed by atoms with Gasteiger partial charge >= 0.3 is 0 Å². The number of hydrogen-bond donors (Lipinski definition) is 1. The molecular weight excluding hydrogens is 390 g/mol. The number of thiophene rings is 1. The van der Waals surface area contributed by atoms with E-state index in [0.29, 0.717) is 33.5 Å². The number of rotatable bonds is 5. The van der Waals surface area contributed by atoms with E-state index in [1.165, 1.54) is 17.4 Å². The summed E-state index contributed by atoms with van der Waals surface area (Å²) in [5, 5.41) is 21.0. The molecule has 1 amide bonds. The number of nitro benzene ring substituents is 1. The Morgan fingerprint density at radius 3 is 2.79 bits per heavy atom. The summed E-state index contributed by atoms with van der Waals surface area (Å²) in [7, 11) is 1.79. The highest BCUT2D eigenvalue weighted by Gasteiger charge is 2.20. The fourth-order valence-electron chi connectivity index (χ4n) is 3.28. The predicted octanol–water partition coefficient (Wildman–Crippen LogP) is 3.84. The molecule has 0 radical (unpaired) electrons. The Morgan fingerprint density at radius 1 is 1.28 bits per heavy atom. The average Bonchev–Trinajstić information content (AvgIpc) is 3.34. The molecule has 8 nitrogen and oxygen atoms in total. The fraction of sp³-hybridized carbons (Fsp3) is 0.150. The van der Waals surface area contributed by atoms with Gasteiger partial charge in [-0.25, -0.2) is 4.98 Å². The van der Waals surface area contributed by atoms with Gasteiger partial charge in [0.25, 0.3) is 11.6 Å². The van der Waals surface area contributed by atoms with Crippen LogP contribution >= 0.6 is 11.3 Å². The lowest BCUT2D eigenvalue weighted by Crippen LogP contribution is -2.23. The van der Waals surface area contributed by atoms with Crippen LogP contribution in [0.5, 0.6) is 0 Å². The fourth-order valence-corrected chi connectivity index (χ4v) is 3.97. The maximum atomic E-state index is 13.1. The Labute approximate surface area is 170 Å². The number of amides is 1. The highest BCUT2D eigenvalue weighted by molar-refractivity contribution is 7.13. The van der Waals surface area contributed by atoms with Crippen molar-refractivity contribution in [1.29, 1.82) is 0 Å². The van der Waals surface area contributed by atoms with Crippen molar-refractivity contribution >= 4 is 34.0 Å². The minimum atomic E-state index is -0.452. The minimum Gasteiger partial charge on any atom is -0.348 e. The number of fused-ring (bicyclic) bond motifs is 1. The summed E-state index contributed by atoms with van der Waals surface area (Å²) >= 11 is 1.53. The average molecular weight is 407 g/mol. The first-order valence-electron chi connectivity index (χ1n) is 8.84. The summed E-state index contributed by atoms with van der Waals surface area (Å²) in [6.45, 7) is 1.88. The number of nitro groups is 1. The van der Waals surface area contributed by atoms with Crippen molar-refractivity contribution < 1.29 is 9.72 Å². The molecule has 0 saturated heterocycles. The molecule has 0 aliphatic carbocycles. The Balaban J connectivity index is 1.73. The monoisotopic (exact) mass is 407 g/mol. The van der Waals surface area contributed by atoms with Gasteiger partial charge in [0.05, 0.1) is 32.1 Å². The number of hydrogen-bond acceptors (Lipinski definition) is 6. The second-order valence-corrected chi connectivity index (χ2v) is 7.46. The zero-order valence-corrected chi connectivity index (χ0v) is 16.6. The van der Waals surface area contributed by atoms with Crippen molar-refractivity contribution in [1.82, 2.24) is 20.1 Å². The van der Waals surface area contributed by atoms with Crippen LogP contribution in [0.25, 0.3) is 21.6 Å². The quantitative estimate of drug-likeness (QED) is 0.400. The van der Waals surface area contributed by atoms with Crippen LogP contribution in [0.2, 0.25) is 0 Å². The number of benzene rings is 1. The van der Waals surface area contributed by atoms with E-state index < -0.39 is 4.92 Å². The third-order valence-corrected chi connectivity index (χ3v) is 5.51. The molecule has 0 aliphatic rings. The maximum Gasteiger partial charge on any atom is 0.274 e. The van der Waals surface area contributed by atoms with Gasteiger partial charge < -0.3 is 5.32 Å². The molecule has 0 aliphatic heterocycles. The number of nitrogens with zero attached hydrogens (tertiary/aromatic N) is 4. The van der Waals surface area contributed by atoms with Gasteiger partial charge in [0, 0.05) is 25.2 Å². The van der Waals surface area contributed by atoms with Crippen LogP contribution in [0.4, 0.5) is 5.69 Å². The van der Waals surface area contributed by atoms with Crippen LogP contribution < -0.4 is 5.32 Å². The second-order valence-electron chi connectivity index (χ2n) is 6.51. The lowest BCUT2D eigenvalue weighted by atomic mass is 10.1. The van der Waals surface area contributed by atoms with Crippen LogP contribution in [-0.4, -0.2) is 25.6 Å². The number of aromatic nitrogens is 3. The van der Waals surface area contributed by atoms with Crippen molar-refractivity contribution in [2.45, 2.75) is 13.5 Å². The molecule has 0 bridgehead atoms. The lowest BCUT2D eigenvalue weighted by Gasteiger charge is -2.09. The molecule has 0 fully saturated rings. The van der Waals surface area contributed by atoms with E-state index in [-0.39, 0.29) is 18.1 Å². The standard InChI is InChI=1S/C20H17N5O3S/c1-12-18-14(20(26)21-11-13-6-3-4-7-16(13)25(27)28)10-15(17-8-5-9-29-17)22-19(18)24(2)23-12/h3-10H,11H2,1-2H3,(H,21,26). The van der Waals surface area contributed by atoms with E-state index in [1.54, 1.807) is 36.0 Å². The summed E-state index contributed by atoms with van der Waals surface area (Å²) < 4.78 is 1.65. The molecule has 0 spiro atoms. The van der Waals surface area contributed by atoms with E-state index in [9.17, 15) is 14.9 Å². The van der Waals surface area contributed by atoms with Crippen molar-refractivity contribution in [3.63, 3.8) is 0 Å². The smallest absolute Gasteiger partial charge is 0.274 e.